The summed E-state index contributed by atoms with van der Waals surface area (Å²) in [4.78, 5) is 41.0. The number of benzene rings is 1. The van der Waals surface area contributed by atoms with E-state index in [9.17, 15) is 19.5 Å². The number of ether oxygens (including phenoxy) is 1. The molecule has 1 aliphatic heterocycles. The molecule has 2 aromatic rings. The highest BCUT2D eigenvalue weighted by Crippen LogP contribution is 2.27. The number of aromatic hydroxyl groups is 1. The topological polar surface area (TPSA) is 96.8 Å². The molecule has 7 nitrogen and oxygen atoms in total. The van der Waals surface area contributed by atoms with Gasteiger partial charge in [0.25, 0.3) is 5.91 Å². The number of carbonyl (C=O) groups excluding carboxylic acids is 3. The zero-order chi connectivity index (χ0) is 19.2. The fourth-order valence-corrected chi connectivity index (χ4v) is 3.25. The molecule has 0 spiro atoms. The molecule has 0 unspecified atom stereocenters. The Morgan fingerprint density at radius 3 is 2.85 bits per heavy atom. The molecule has 1 aromatic heterocycles. The quantitative estimate of drug-likeness (QED) is 0.787. The van der Waals surface area contributed by atoms with Crippen molar-refractivity contribution < 1.29 is 24.2 Å². The molecule has 2 heterocycles. The number of likely N-dealkylation sites (tertiary alicyclic amines) is 1. The number of aromatic nitrogens is 1. The van der Waals surface area contributed by atoms with Gasteiger partial charge in [-0.15, -0.1) is 0 Å². The number of hydrogen-bond donors (Lipinski definition) is 1. The maximum Gasteiger partial charge on any atom is 0.256 e. The highest BCUT2D eigenvalue weighted by molar-refractivity contribution is 6.00. The number of aldehydes is 2. The van der Waals surface area contributed by atoms with E-state index in [1.165, 1.54) is 12.3 Å². The Labute approximate surface area is 156 Å². The van der Waals surface area contributed by atoms with E-state index in [1.54, 1.807) is 29.2 Å². The number of rotatable bonds is 6. The zero-order valence-corrected chi connectivity index (χ0v) is 14.7. The largest absolute Gasteiger partial charge is 0.507 e. The van der Waals surface area contributed by atoms with Gasteiger partial charge in [0, 0.05) is 12.7 Å². The number of pyridine rings is 1. The molecule has 1 amide bonds. The van der Waals surface area contributed by atoms with Gasteiger partial charge < -0.3 is 14.7 Å². The molecule has 0 bridgehead atoms. The van der Waals surface area contributed by atoms with Crippen LogP contribution in [0.4, 0.5) is 0 Å². The van der Waals surface area contributed by atoms with E-state index < -0.39 is 0 Å². The van der Waals surface area contributed by atoms with E-state index in [2.05, 4.69) is 4.98 Å². The van der Waals surface area contributed by atoms with Gasteiger partial charge in [-0.1, -0.05) is 6.07 Å². The van der Waals surface area contributed by atoms with Crippen LogP contribution in [-0.2, 0) is 0 Å². The minimum absolute atomic E-state index is 0.0849. The fraction of sp³-hybridized carbons (Fsp3) is 0.300. The Hall–Kier alpha value is -3.22. The third-order valence-corrected chi connectivity index (χ3v) is 4.66. The van der Waals surface area contributed by atoms with Crippen molar-refractivity contribution in [1.82, 2.24) is 9.88 Å². The molecule has 140 valence electrons. The average molecular weight is 368 g/mol. The molecule has 0 aliphatic carbocycles. The molecular weight excluding hydrogens is 348 g/mol. The summed E-state index contributed by atoms with van der Waals surface area (Å²) in [5, 5.41) is 9.76. The predicted octanol–water partition coefficient (Wildman–Crippen LogP) is 2.49. The Morgan fingerprint density at radius 1 is 1.22 bits per heavy atom. The van der Waals surface area contributed by atoms with Crippen LogP contribution in [0.25, 0.3) is 0 Å². The summed E-state index contributed by atoms with van der Waals surface area (Å²) in [5.74, 6) is -0.131. The second kappa shape index (κ2) is 8.44. The van der Waals surface area contributed by atoms with Crippen molar-refractivity contribution in [2.24, 2.45) is 0 Å². The first-order valence-corrected chi connectivity index (χ1v) is 8.76. The Bertz CT molecular complexity index is 852. The maximum absolute atomic E-state index is 13.0. The monoisotopic (exact) mass is 368 g/mol. The van der Waals surface area contributed by atoms with Gasteiger partial charge in [0.1, 0.15) is 23.8 Å². The number of phenols is 1. The molecule has 1 aliphatic rings. The number of phenolic OH excluding ortho intramolecular Hbond substituents is 1. The van der Waals surface area contributed by atoms with Gasteiger partial charge >= 0.3 is 0 Å². The van der Waals surface area contributed by atoms with Gasteiger partial charge in [-0.2, -0.15) is 0 Å². The van der Waals surface area contributed by atoms with Crippen molar-refractivity contribution in [3.05, 3.63) is 53.3 Å². The van der Waals surface area contributed by atoms with E-state index in [1.807, 2.05) is 0 Å². The van der Waals surface area contributed by atoms with Gasteiger partial charge in [0.2, 0.25) is 0 Å². The maximum atomic E-state index is 13.0. The summed E-state index contributed by atoms with van der Waals surface area (Å²) in [6.07, 6.45) is 5.15. The molecular formula is C20H20N2O5. The van der Waals surface area contributed by atoms with Crippen LogP contribution in [0.1, 0.15) is 50.5 Å². The molecule has 27 heavy (non-hydrogen) atoms. The van der Waals surface area contributed by atoms with Gasteiger partial charge in [-0.25, -0.2) is 0 Å². The van der Waals surface area contributed by atoms with Crippen molar-refractivity contribution in [2.75, 3.05) is 13.2 Å². The minimum Gasteiger partial charge on any atom is -0.507 e. The third-order valence-electron chi connectivity index (χ3n) is 4.66. The van der Waals surface area contributed by atoms with Crippen LogP contribution in [0, 0.1) is 0 Å². The standard InChI is InChI=1S/C20H20N2O5/c23-11-16-18(25)7-3-8-19(16)27-13-14-5-1-2-10-22(14)20(26)15-6-4-9-21-17(15)12-24/h3-4,6-9,11-12,14,25H,1-2,5,10,13H2/t14-/m0/s1. The molecule has 0 radical (unpaired) electrons. The first-order chi connectivity index (χ1) is 13.2. The van der Waals surface area contributed by atoms with Crippen molar-refractivity contribution in [3.8, 4) is 11.5 Å². The van der Waals surface area contributed by atoms with Crippen molar-refractivity contribution >= 4 is 18.5 Å². The van der Waals surface area contributed by atoms with E-state index >= 15 is 0 Å². The van der Waals surface area contributed by atoms with Gasteiger partial charge in [-0.05, 0) is 43.5 Å². The molecule has 7 heteroatoms. The van der Waals surface area contributed by atoms with E-state index in [0.717, 1.165) is 19.3 Å². The summed E-state index contributed by atoms with van der Waals surface area (Å²) in [6, 6.07) is 7.62. The van der Waals surface area contributed by atoms with Crippen LogP contribution in [0.5, 0.6) is 11.5 Å². The highest BCUT2D eigenvalue weighted by Gasteiger charge is 2.29. The number of amides is 1. The van der Waals surface area contributed by atoms with Crippen LogP contribution in [0.15, 0.2) is 36.5 Å². The smallest absolute Gasteiger partial charge is 0.256 e. The number of hydrogen-bond acceptors (Lipinski definition) is 6. The number of nitrogens with zero attached hydrogens (tertiary/aromatic N) is 2. The lowest BCUT2D eigenvalue weighted by molar-refractivity contribution is 0.0524. The normalized spacial score (nSPS) is 16.6. The Balaban J connectivity index is 1.78. The number of piperidine rings is 1. The number of carbonyl (C=O) groups is 3. The van der Waals surface area contributed by atoms with Crippen LogP contribution in [0.3, 0.4) is 0 Å². The van der Waals surface area contributed by atoms with Gasteiger partial charge in [-0.3, -0.25) is 19.4 Å². The van der Waals surface area contributed by atoms with E-state index in [-0.39, 0.29) is 46.9 Å². The van der Waals surface area contributed by atoms with E-state index in [4.69, 9.17) is 4.74 Å². The highest BCUT2D eigenvalue weighted by atomic mass is 16.5. The summed E-state index contributed by atoms with van der Waals surface area (Å²) in [5.41, 5.74) is 0.469. The Kier molecular flexibility index (Phi) is 5.80. The molecule has 0 saturated carbocycles. The zero-order valence-electron chi connectivity index (χ0n) is 14.7. The van der Waals surface area contributed by atoms with Crippen molar-refractivity contribution in [1.29, 1.82) is 0 Å². The summed E-state index contributed by atoms with van der Waals surface area (Å²) in [6.45, 7) is 0.743. The van der Waals surface area contributed by atoms with Gasteiger partial charge in [0.15, 0.2) is 12.6 Å². The summed E-state index contributed by atoms with van der Waals surface area (Å²) < 4.78 is 5.75. The predicted molar refractivity (Wildman–Crippen MR) is 97.3 cm³/mol. The van der Waals surface area contributed by atoms with E-state index in [0.29, 0.717) is 19.1 Å². The third kappa shape index (κ3) is 3.97. The molecule has 3 rings (SSSR count). The summed E-state index contributed by atoms with van der Waals surface area (Å²) >= 11 is 0. The molecule has 1 saturated heterocycles. The lowest BCUT2D eigenvalue weighted by Gasteiger charge is -2.35. The molecule has 1 atom stereocenters. The average Bonchev–Trinajstić information content (AvgIpc) is 2.72. The van der Waals surface area contributed by atoms with Crippen LogP contribution in [-0.4, -0.2) is 52.7 Å². The van der Waals surface area contributed by atoms with Crippen molar-refractivity contribution in [2.45, 2.75) is 25.3 Å². The Morgan fingerprint density at radius 2 is 2.07 bits per heavy atom. The minimum atomic E-state index is -0.259. The molecule has 1 aromatic carbocycles. The van der Waals surface area contributed by atoms with Crippen LogP contribution >= 0.6 is 0 Å². The molecule has 1 N–H and O–H groups in total. The second-order valence-electron chi connectivity index (χ2n) is 6.32. The molecule has 1 fully saturated rings. The summed E-state index contributed by atoms with van der Waals surface area (Å²) in [7, 11) is 0. The first kappa shape index (κ1) is 18.6. The van der Waals surface area contributed by atoms with Crippen molar-refractivity contribution in [3.63, 3.8) is 0 Å². The van der Waals surface area contributed by atoms with Crippen LogP contribution < -0.4 is 4.74 Å². The first-order valence-electron chi connectivity index (χ1n) is 8.76. The second-order valence-corrected chi connectivity index (χ2v) is 6.32. The SMILES string of the molecule is O=Cc1ncccc1C(=O)N1CCCC[C@H]1COc1cccc(O)c1C=O. The lowest BCUT2D eigenvalue weighted by Crippen LogP contribution is -2.47. The lowest BCUT2D eigenvalue weighted by atomic mass is 10.0. The van der Waals surface area contributed by atoms with Gasteiger partial charge in [0.05, 0.1) is 17.2 Å². The fourth-order valence-electron chi connectivity index (χ4n) is 3.25. The van der Waals surface area contributed by atoms with Crippen LogP contribution in [0.2, 0.25) is 0 Å².